The van der Waals surface area contributed by atoms with Crippen LogP contribution in [0.25, 0.3) is 0 Å². The fraction of sp³-hybridized carbons (Fsp3) is 0.250. The molecule has 0 aliphatic rings. The molecule has 2 N–H and O–H groups in total. The van der Waals surface area contributed by atoms with E-state index in [1.54, 1.807) is 0 Å². The normalized spacial score (nSPS) is 12.1. The van der Waals surface area contributed by atoms with Crippen LogP contribution in [0, 0.1) is 0 Å². The van der Waals surface area contributed by atoms with Crippen LogP contribution in [-0.4, -0.2) is 23.0 Å². The lowest BCUT2D eigenvalue weighted by Gasteiger charge is -2.06. The molecule has 0 aliphatic carbocycles. The number of aliphatic carboxylic acids is 1. The van der Waals surface area contributed by atoms with Crippen molar-refractivity contribution >= 4 is 23.5 Å². The molecule has 0 aliphatic heterocycles. The molecule has 6 heteroatoms. The molecule has 0 saturated heterocycles. The van der Waals surface area contributed by atoms with Crippen molar-refractivity contribution in [2.24, 2.45) is 0 Å². The Morgan fingerprint density at radius 2 is 2.21 bits per heavy atom. The number of carboxylic acid groups (broad SMARTS) is 1. The molecule has 0 aromatic carbocycles. The van der Waals surface area contributed by atoms with Gasteiger partial charge in [0.15, 0.2) is 11.0 Å². The SMILES string of the molecule is C[C@@H](NC(=O)c1ccc(Cl)o1)C(=O)O. The number of hydrogen-bond donors (Lipinski definition) is 2. The molecule has 0 spiro atoms. The first kappa shape index (κ1) is 10.6. The monoisotopic (exact) mass is 217 g/mol. The van der Waals surface area contributed by atoms with Gasteiger partial charge in [0.25, 0.3) is 5.91 Å². The molecule has 5 nitrogen and oxygen atoms in total. The summed E-state index contributed by atoms with van der Waals surface area (Å²) >= 11 is 5.44. The Labute approximate surface area is 84.7 Å². The van der Waals surface area contributed by atoms with Crippen molar-refractivity contribution in [1.29, 1.82) is 0 Å². The summed E-state index contributed by atoms with van der Waals surface area (Å²) in [7, 11) is 0. The van der Waals surface area contributed by atoms with Crippen LogP contribution in [-0.2, 0) is 4.79 Å². The van der Waals surface area contributed by atoms with Crippen LogP contribution in [0.4, 0.5) is 0 Å². The Kier molecular flexibility index (Phi) is 3.14. The van der Waals surface area contributed by atoms with Gasteiger partial charge >= 0.3 is 5.97 Å². The smallest absolute Gasteiger partial charge is 0.325 e. The van der Waals surface area contributed by atoms with Gasteiger partial charge in [-0.2, -0.15) is 0 Å². The minimum absolute atomic E-state index is 0.0110. The first-order valence-electron chi connectivity index (χ1n) is 3.79. The average molecular weight is 218 g/mol. The zero-order valence-corrected chi connectivity index (χ0v) is 8.04. The lowest BCUT2D eigenvalue weighted by Crippen LogP contribution is -2.38. The molecule has 0 saturated carbocycles. The van der Waals surface area contributed by atoms with E-state index in [-0.39, 0.29) is 11.0 Å². The topological polar surface area (TPSA) is 79.5 Å². The highest BCUT2D eigenvalue weighted by molar-refractivity contribution is 6.29. The summed E-state index contributed by atoms with van der Waals surface area (Å²) in [4.78, 5) is 21.6. The van der Waals surface area contributed by atoms with E-state index in [4.69, 9.17) is 21.1 Å². The third-order valence-corrected chi connectivity index (χ3v) is 1.72. The predicted molar refractivity (Wildman–Crippen MR) is 48.3 cm³/mol. The Morgan fingerprint density at radius 1 is 1.57 bits per heavy atom. The summed E-state index contributed by atoms with van der Waals surface area (Å²) in [6.07, 6.45) is 0. The van der Waals surface area contributed by atoms with Gasteiger partial charge in [0.2, 0.25) is 0 Å². The van der Waals surface area contributed by atoms with E-state index in [2.05, 4.69) is 5.32 Å². The number of carbonyl (C=O) groups excluding carboxylic acids is 1. The molecule has 14 heavy (non-hydrogen) atoms. The van der Waals surface area contributed by atoms with E-state index in [9.17, 15) is 9.59 Å². The van der Waals surface area contributed by atoms with Crippen LogP contribution < -0.4 is 5.32 Å². The van der Waals surface area contributed by atoms with Gasteiger partial charge in [0.1, 0.15) is 6.04 Å². The van der Waals surface area contributed by atoms with Crippen molar-refractivity contribution in [3.05, 3.63) is 23.1 Å². The van der Waals surface area contributed by atoms with Crippen LogP contribution in [0.3, 0.4) is 0 Å². The molecule has 0 fully saturated rings. The van der Waals surface area contributed by atoms with Gasteiger partial charge in [-0.05, 0) is 30.7 Å². The highest BCUT2D eigenvalue weighted by Gasteiger charge is 2.17. The largest absolute Gasteiger partial charge is 0.480 e. The number of furan rings is 1. The van der Waals surface area contributed by atoms with Crippen molar-refractivity contribution in [3.63, 3.8) is 0 Å². The highest BCUT2D eigenvalue weighted by Crippen LogP contribution is 2.12. The number of carbonyl (C=O) groups is 2. The third kappa shape index (κ3) is 2.50. The minimum atomic E-state index is -1.11. The first-order chi connectivity index (χ1) is 6.50. The van der Waals surface area contributed by atoms with E-state index in [1.165, 1.54) is 19.1 Å². The second-order valence-electron chi connectivity index (χ2n) is 2.64. The minimum Gasteiger partial charge on any atom is -0.480 e. The summed E-state index contributed by atoms with van der Waals surface area (Å²) in [5.74, 6) is -1.73. The molecule has 0 bridgehead atoms. The number of hydrogen-bond acceptors (Lipinski definition) is 3. The molecule has 0 radical (unpaired) electrons. The molecule has 76 valence electrons. The van der Waals surface area contributed by atoms with Crippen molar-refractivity contribution < 1.29 is 19.1 Å². The van der Waals surface area contributed by atoms with Gasteiger partial charge in [-0.3, -0.25) is 9.59 Å². The van der Waals surface area contributed by atoms with Crippen LogP contribution in [0.2, 0.25) is 5.22 Å². The Balaban J connectivity index is 2.63. The predicted octanol–water partition coefficient (Wildman–Crippen LogP) is 1.14. The number of carboxylic acids is 1. The van der Waals surface area contributed by atoms with Gasteiger partial charge in [-0.25, -0.2) is 0 Å². The second-order valence-corrected chi connectivity index (χ2v) is 3.01. The van der Waals surface area contributed by atoms with E-state index in [0.717, 1.165) is 0 Å². The summed E-state index contributed by atoms with van der Waals surface area (Å²) in [5, 5.41) is 10.8. The molecule has 1 rings (SSSR count). The van der Waals surface area contributed by atoms with E-state index < -0.39 is 17.9 Å². The zero-order chi connectivity index (χ0) is 10.7. The highest BCUT2D eigenvalue weighted by atomic mass is 35.5. The van der Waals surface area contributed by atoms with Crippen LogP contribution in [0.15, 0.2) is 16.5 Å². The Morgan fingerprint density at radius 3 is 2.64 bits per heavy atom. The molecule has 1 amide bonds. The standard InChI is InChI=1S/C8H8ClNO4/c1-4(8(12)13)10-7(11)5-2-3-6(9)14-5/h2-4H,1H3,(H,10,11)(H,12,13)/t4-/m1/s1. The van der Waals surface area contributed by atoms with Crippen LogP contribution in [0.1, 0.15) is 17.5 Å². The molecular formula is C8H8ClNO4. The van der Waals surface area contributed by atoms with Gasteiger partial charge in [0.05, 0.1) is 0 Å². The fourth-order valence-electron chi connectivity index (χ4n) is 0.766. The number of halogens is 1. The summed E-state index contributed by atoms with van der Waals surface area (Å²) in [6, 6.07) is 1.81. The lowest BCUT2D eigenvalue weighted by atomic mass is 10.3. The first-order valence-corrected chi connectivity index (χ1v) is 4.17. The molecular weight excluding hydrogens is 210 g/mol. The third-order valence-electron chi connectivity index (χ3n) is 1.52. The molecule has 0 unspecified atom stereocenters. The van der Waals surface area contributed by atoms with Gasteiger partial charge < -0.3 is 14.8 Å². The van der Waals surface area contributed by atoms with Crippen molar-refractivity contribution in [2.75, 3.05) is 0 Å². The van der Waals surface area contributed by atoms with E-state index in [0.29, 0.717) is 0 Å². The second kappa shape index (κ2) is 4.15. The summed E-state index contributed by atoms with van der Waals surface area (Å²) in [5.41, 5.74) is 0. The molecule has 1 heterocycles. The van der Waals surface area contributed by atoms with Gasteiger partial charge in [0, 0.05) is 0 Å². The number of nitrogens with one attached hydrogen (secondary N) is 1. The van der Waals surface area contributed by atoms with E-state index >= 15 is 0 Å². The van der Waals surface area contributed by atoms with Crippen LogP contribution in [0.5, 0.6) is 0 Å². The molecule has 1 aromatic rings. The quantitative estimate of drug-likeness (QED) is 0.796. The Bertz CT molecular complexity index is 360. The zero-order valence-electron chi connectivity index (χ0n) is 7.28. The number of rotatable bonds is 3. The van der Waals surface area contributed by atoms with Crippen LogP contribution >= 0.6 is 11.6 Å². The van der Waals surface area contributed by atoms with Gasteiger partial charge in [-0.15, -0.1) is 0 Å². The summed E-state index contributed by atoms with van der Waals surface area (Å²) < 4.78 is 4.79. The van der Waals surface area contributed by atoms with Crippen molar-refractivity contribution in [1.82, 2.24) is 5.32 Å². The molecule has 1 atom stereocenters. The molecule has 1 aromatic heterocycles. The van der Waals surface area contributed by atoms with E-state index in [1.807, 2.05) is 0 Å². The maximum atomic E-state index is 11.2. The lowest BCUT2D eigenvalue weighted by molar-refractivity contribution is -0.138. The Hall–Kier alpha value is -1.49. The number of amides is 1. The maximum absolute atomic E-state index is 11.2. The summed E-state index contributed by atoms with van der Waals surface area (Å²) in [6.45, 7) is 1.35. The van der Waals surface area contributed by atoms with Gasteiger partial charge in [-0.1, -0.05) is 0 Å². The average Bonchev–Trinajstić information content (AvgIpc) is 2.51. The maximum Gasteiger partial charge on any atom is 0.325 e. The fourth-order valence-corrected chi connectivity index (χ4v) is 0.912. The van der Waals surface area contributed by atoms with Crippen molar-refractivity contribution in [2.45, 2.75) is 13.0 Å². The van der Waals surface area contributed by atoms with Crippen molar-refractivity contribution in [3.8, 4) is 0 Å².